The van der Waals surface area contributed by atoms with E-state index in [1.165, 1.54) is 12.1 Å². The Bertz CT molecular complexity index is 881. The molecule has 0 saturated carbocycles. The number of halogens is 1. The molecular weight excluding hydrogens is 355 g/mol. The summed E-state index contributed by atoms with van der Waals surface area (Å²) in [7, 11) is -3.61. The number of aryl methyl sites for hydroxylation is 1. The monoisotopic (exact) mass is 376 g/mol. The summed E-state index contributed by atoms with van der Waals surface area (Å²) in [6.45, 7) is 1.84. The normalized spacial score (nSPS) is 11.6. The van der Waals surface area contributed by atoms with Crippen LogP contribution in [0.25, 0.3) is 6.08 Å². The molecule has 138 valence electrons. The van der Waals surface area contributed by atoms with E-state index >= 15 is 0 Å². The van der Waals surface area contributed by atoms with E-state index in [-0.39, 0.29) is 31.2 Å². The maximum Gasteiger partial charge on any atom is 0.233 e. The molecule has 0 unspecified atom stereocenters. The molecule has 0 aliphatic heterocycles. The van der Waals surface area contributed by atoms with Crippen LogP contribution in [0.1, 0.15) is 23.1 Å². The number of hydrogen-bond donors (Lipinski definition) is 2. The minimum absolute atomic E-state index is 0.00719. The van der Waals surface area contributed by atoms with Crippen LogP contribution in [-0.4, -0.2) is 20.9 Å². The molecule has 0 bridgehead atoms. The minimum atomic E-state index is -3.61. The Morgan fingerprint density at radius 2 is 1.88 bits per heavy atom. The molecule has 1 amide bonds. The second-order valence-electron chi connectivity index (χ2n) is 5.76. The molecule has 0 heterocycles. The first-order valence-corrected chi connectivity index (χ1v) is 9.65. The lowest BCUT2D eigenvalue weighted by Gasteiger charge is -2.07. The molecule has 0 fully saturated rings. The highest BCUT2D eigenvalue weighted by Gasteiger charge is 2.07. The fourth-order valence-corrected chi connectivity index (χ4v) is 2.94. The number of rotatable bonds is 8. The van der Waals surface area contributed by atoms with Gasteiger partial charge in [0.05, 0.1) is 0 Å². The van der Waals surface area contributed by atoms with Crippen LogP contribution in [0.3, 0.4) is 0 Å². The van der Waals surface area contributed by atoms with Gasteiger partial charge in [-0.25, -0.2) is 17.5 Å². The van der Waals surface area contributed by atoms with Crippen LogP contribution < -0.4 is 10.0 Å². The van der Waals surface area contributed by atoms with Crippen LogP contribution in [0.2, 0.25) is 0 Å². The summed E-state index contributed by atoms with van der Waals surface area (Å²) in [5.74, 6) is -0.643. The van der Waals surface area contributed by atoms with Crippen LogP contribution in [0.15, 0.2) is 53.9 Å². The Morgan fingerprint density at radius 3 is 2.58 bits per heavy atom. The van der Waals surface area contributed by atoms with Crippen molar-refractivity contribution < 1.29 is 17.6 Å². The molecule has 5 nitrogen and oxygen atoms in total. The van der Waals surface area contributed by atoms with Gasteiger partial charge in [-0.3, -0.25) is 4.79 Å². The second-order valence-corrected chi connectivity index (χ2v) is 7.41. The minimum Gasteiger partial charge on any atom is -0.352 e. The number of benzene rings is 2. The first-order chi connectivity index (χ1) is 12.4. The number of carbonyl (C=O) groups is 1. The lowest BCUT2D eigenvalue weighted by Crippen LogP contribution is -2.29. The van der Waals surface area contributed by atoms with Crippen LogP contribution >= 0.6 is 0 Å². The van der Waals surface area contributed by atoms with Crippen molar-refractivity contribution in [1.82, 2.24) is 10.0 Å². The van der Waals surface area contributed by atoms with Crippen molar-refractivity contribution in [2.45, 2.75) is 19.9 Å². The van der Waals surface area contributed by atoms with E-state index in [9.17, 15) is 17.6 Å². The smallest absolute Gasteiger partial charge is 0.233 e. The predicted molar refractivity (Wildman–Crippen MR) is 100.0 cm³/mol. The molecule has 26 heavy (non-hydrogen) atoms. The van der Waals surface area contributed by atoms with E-state index in [0.29, 0.717) is 11.1 Å². The van der Waals surface area contributed by atoms with E-state index in [0.717, 1.165) is 11.0 Å². The number of carbonyl (C=O) groups excluding carboxylic acids is 1. The van der Waals surface area contributed by atoms with E-state index in [1.54, 1.807) is 31.2 Å². The summed E-state index contributed by atoms with van der Waals surface area (Å²) >= 11 is 0. The Morgan fingerprint density at radius 1 is 1.15 bits per heavy atom. The van der Waals surface area contributed by atoms with Gasteiger partial charge >= 0.3 is 0 Å². The summed E-state index contributed by atoms with van der Waals surface area (Å²) in [5, 5.41) is 3.70. The van der Waals surface area contributed by atoms with E-state index in [4.69, 9.17) is 0 Å². The van der Waals surface area contributed by atoms with Crippen molar-refractivity contribution in [2.75, 3.05) is 6.54 Å². The van der Waals surface area contributed by atoms with Crippen molar-refractivity contribution in [3.8, 4) is 0 Å². The Labute approximate surface area is 153 Å². The zero-order valence-corrected chi connectivity index (χ0v) is 15.2. The van der Waals surface area contributed by atoms with Gasteiger partial charge in [0.1, 0.15) is 5.82 Å². The molecule has 0 spiro atoms. The van der Waals surface area contributed by atoms with Gasteiger partial charge in [0.25, 0.3) is 0 Å². The summed E-state index contributed by atoms with van der Waals surface area (Å²) in [5.41, 5.74) is 1.95. The molecule has 2 rings (SSSR count). The zero-order chi connectivity index (χ0) is 19.0. The highest BCUT2D eigenvalue weighted by molar-refractivity contribution is 7.92. The third-order valence-electron chi connectivity index (χ3n) is 3.62. The molecular formula is C19H21FN2O3S. The molecule has 7 heteroatoms. The van der Waals surface area contributed by atoms with Crippen LogP contribution in [0.5, 0.6) is 0 Å². The van der Waals surface area contributed by atoms with Crippen LogP contribution in [0, 0.1) is 12.7 Å². The average molecular weight is 376 g/mol. The Kier molecular flexibility index (Phi) is 7.06. The first kappa shape index (κ1) is 19.8. The van der Waals surface area contributed by atoms with Gasteiger partial charge in [-0.15, -0.1) is 0 Å². The standard InChI is InChI=1S/C19H21FN2O3S/c1-15-7-8-17(13-18(15)20)14-21-19(23)9-11-22-26(24,25)12-10-16-5-3-2-4-6-16/h2-8,10,12-13,22H,9,11,14H2,1H3,(H,21,23)/b12-10+. The van der Waals surface area contributed by atoms with E-state index < -0.39 is 10.0 Å². The highest BCUT2D eigenvalue weighted by Crippen LogP contribution is 2.09. The number of hydrogen-bond acceptors (Lipinski definition) is 3. The zero-order valence-electron chi connectivity index (χ0n) is 14.4. The van der Waals surface area contributed by atoms with Gasteiger partial charge < -0.3 is 5.32 Å². The lowest BCUT2D eigenvalue weighted by molar-refractivity contribution is -0.121. The Balaban J connectivity index is 1.74. The van der Waals surface area contributed by atoms with Gasteiger partial charge in [0, 0.05) is 24.9 Å². The SMILES string of the molecule is Cc1ccc(CNC(=O)CCNS(=O)(=O)/C=C/c2ccccc2)cc1F. The topological polar surface area (TPSA) is 75.3 Å². The molecule has 0 atom stereocenters. The molecule has 0 aromatic heterocycles. The maximum absolute atomic E-state index is 13.4. The Hall–Kier alpha value is -2.51. The second kappa shape index (κ2) is 9.26. The fraction of sp³-hybridized carbons (Fsp3) is 0.211. The third-order valence-corrected chi connectivity index (χ3v) is 4.72. The molecule has 0 radical (unpaired) electrons. The van der Waals surface area contributed by atoms with Gasteiger partial charge in [-0.2, -0.15) is 0 Å². The van der Waals surface area contributed by atoms with Crippen molar-refractivity contribution in [2.24, 2.45) is 0 Å². The molecule has 2 N–H and O–H groups in total. The number of amides is 1. The van der Waals surface area contributed by atoms with Crippen molar-refractivity contribution >= 4 is 22.0 Å². The van der Waals surface area contributed by atoms with Crippen molar-refractivity contribution in [3.05, 3.63) is 76.4 Å². The molecule has 2 aromatic rings. The van der Waals surface area contributed by atoms with Crippen molar-refractivity contribution in [1.29, 1.82) is 0 Å². The third kappa shape index (κ3) is 6.78. The van der Waals surface area contributed by atoms with Gasteiger partial charge in [-0.1, -0.05) is 42.5 Å². The average Bonchev–Trinajstić information content (AvgIpc) is 2.62. The van der Waals surface area contributed by atoms with Gasteiger partial charge in [0.2, 0.25) is 15.9 Å². The maximum atomic E-state index is 13.4. The summed E-state index contributed by atoms with van der Waals surface area (Å²) < 4.78 is 39.5. The van der Waals surface area contributed by atoms with Gasteiger partial charge in [0.15, 0.2) is 0 Å². The van der Waals surface area contributed by atoms with E-state index in [2.05, 4.69) is 10.0 Å². The van der Waals surface area contributed by atoms with Gasteiger partial charge in [-0.05, 0) is 35.8 Å². The number of sulfonamides is 1. The molecule has 0 saturated heterocycles. The lowest BCUT2D eigenvalue weighted by atomic mass is 10.1. The largest absolute Gasteiger partial charge is 0.352 e. The summed E-state index contributed by atoms with van der Waals surface area (Å²) in [4.78, 5) is 11.8. The van der Waals surface area contributed by atoms with Crippen LogP contribution in [0.4, 0.5) is 4.39 Å². The van der Waals surface area contributed by atoms with Crippen molar-refractivity contribution in [3.63, 3.8) is 0 Å². The molecule has 0 aliphatic carbocycles. The fourth-order valence-electron chi connectivity index (χ4n) is 2.12. The predicted octanol–water partition coefficient (Wildman–Crippen LogP) is 2.73. The molecule has 0 aliphatic rings. The summed E-state index contributed by atoms with van der Waals surface area (Å²) in [6, 6.07) is 13.8. The van der Waals surface area contributed by atoms with E-state index in [1.807, 2.05) is 18.2 Å². The molecule has 2 aromatic carbocycles. The highest BCUT2D eigenvalue weighted by atomic mass is 32.2. The number of nitrogens with one attached hydrogen (secondary N) is 2. The summed E-state index contributed by atoms with van der Waals surface area (Å²) in [6.07, 6.45) is 1.47. The van der Waals surface area contributed by atoms with Crippen LogP contribution in [-0.2, 0) is 21.4 Å². The first-order valence-electron chi connectivity index (χ1n) is 8.10. The quantitative estimate of drug-likeness (QED) is 0.744.